The Hall–Kier alpha value is -4.28. The van der Waals surface area contributed by atoms with E-state index in [0.29, 0.717) is 47.2 Å². The maximum absolute atomic E-state index is 12.9. The third kappa shape index (κ3) is 5.36. The minimum Gasteiger partial charge on any atom is -0.493 e. The second kappa shape index (κ2) is 11.0. The second-order valence-corrected chi connectivity index (χ2v) is 9.17. The molecule has 0 bridgehead atoms. The lowest BCUT2D eigenvalue weighted by molar-refractivity contribution is -0.116. The van der Waals surface area contributed by atoms with Crippen LogP contribution in [0.15, 0.2) is 82.9 Å². The van der Waals surface area contributed by atoms with Crippen LogP contribution in [-0.2, 0) is 14.3 Å². The Balaban J connectivity index is 1.36. The van der Waals surface area contributed by atoms with Crippen molar-refractivity contribution in [3.8, 4) is 17.2 Å². The molecule has 192 valence electrons. The van der Waals surface area contributed by atoms with Crippen LogP contribution in [0.25, 0.3) is 21.7 Å². The van der Waals surface area contributed by atoms with Crippen molar-refractivity contribution in [3.63, 3.8) is 0 Å². The van der Waals surface area contributed by atoms with Crippen LogP contribution in [0.3, 0.4) is 0 Å². The summed E-state index contributed by atoms with van der Waals surface area (Å²) < 4.78 is 22.9. The number of nitrogens with one attached hydrogen (secondary N) is 1. The number of carbonyl (C=O) groups excluding carboxylic acids is 2. The molecule has 1 heterocycles. The number of hydrogen-bond acceptors (Lipinski definition) is 9. The molecule has 9 nitrogen and oxygen atoms in total. The first-order chi connectivity index (χ1) is 18.4. The summed E-state index contributed by atoms with van der Waals surface area (Å²) in [7, 11) is 3.11. The highest BCUT2D eigenvalue weighted by Gasteiger charge is 2.23. The molecule has 0 unspecified atom stereocenters. The maximum Gasteiger partial charge on any atom is 0.223 e. The van der Waals surface area contributed by atoms with Crippen molar-refractivity contribution in [2.24, 2.45) is 0 Å². The molecule has 5 rings (SSSR count). The highest BCUT2D eigenvalue weighted by Crippen LogP contribution is 2.34. The number of ether oxygens (including phenoxy) is 4. The molecule has 0 atom stereocenters. The monoisotopic (exact) mass is 575 g/mol. The van der Waals surface area contributed by atoms with Crippen molar-refractivity contribution < 1.29 is 28.5 Å². The van der Waals surface area contributed by atoms with Crippen molar-refractivity contribution in [1.82, 2.24) is 9.97 Å². The summed E-state index contributed by atoms with van der Waals surface area (Å²) in [6.45, 7) is 0.756. The van der Waals surface area contributed by atoms with Crippen LogP contribution in [0.2, 0.25) is 0 Å². The van der Waals surface area contributed by atoms with Crippen molar-refractivity contribution in [1.29, 1.82) is 0 Å². The highest BCUT2D eigenvalue weighted by atomic mass is 79.9. The molecule has 38 heavy (non-hydrogen) atoms. The first-order valence-corrected chi connectivity index (χ1v) is 12.3. The molecule has 0 aliphatic heterocycles. The van der Waals surface area contributed by atoms with Gasteiger partial charge in [0.25, 0.3) is 0 Å². The van der Waals surface area contributed by atoms with Crippen LogP contribution in [0, 0.1) is 0 Å². The number of benzene rings is 3. The fraction of sp³-hybridized carbons (Fsp3) is 0.143. The summed E-state index contributed by atoms with van der Waals surface area (Å²) in [5, 5.41) is 5.50. The molecule has 0 saturated carbocycles. The summed E-state index contributed by atoms with van der Waals surface area (Å²) >= 11 is 3.45. The van der Waals surface area contributed by atoms with Gasteiger partial charge in [0.2, 0.25) is 11.6 Å². The maximum atomic E-state index is 12.9. The Kier molecular flexibility index (Phi) is 7.34. The van der Waals surface area contributed by atoms with Gasteiger partial charge in [-0.1, -0.05) is 28.1 Å². The second-order valence-electron chi connectivity index (χ2n) is 8.26. The molecule has 0 radical (unpaired) electrons. The van der Waals surface area contributed by atoms with Gasteiger partial charge in [0, 0.05) is 35.2 Å². The predicted molar refractivity (Wildman–Crippen MR) is 146 cm³/mol. The summed E-state index contributed by atoms with van der Waals surface area (Å²) in [6, 6.07) is 14.7. The van der Waals surface area contributed by atoms with Gasteiger partial charge >= 0.3 is 0 Å². The van der Waals surface area contributed by atoms with E-state index in [9.17, 15) is 9.59 Å². The molecule has 1 N–H and O–H groups in total. The summed E-state index contributed by atoms with van der Waals surface area (Å²) in [5.74, 6) is 0.803. The Morgan fingerprint density at radius 3 is 2.50 bits per heavy atom. The molecular formula is C28H22BrN3O6. The van der Waals surface area contributed by atoms with Crippen LogP contribution in [-0.4, -0.2) is 49.0 Å². The number of halogens is 1. The minimum atomic E-state index is -0.451. The third-order valence-electron chi connectivity index (χ3n) is 5.77. The lowest BCUT2D eigenvalue weighted by atomic mass is 10.1. The quantitative estimate of drug-likeness (QED) is 0.218. The number of nitrogens with zero attached hydrogens (tertiary/aromatic N) is 2. The molecule has 0 fully saturated rings. The van der Waals surface area contributed by atoms with Crippen molar-refractivity contribution >= 4 is 55.0 Å². The Labute approximate surface area is 226 Å². The number of hydrogen-bond donors (Lipinski definition) is 1. The zero-order valence-electron chi connectivity index (χ0n) is 20.5. The molecule has 0 spiro atoms. The number of anilines is 1. The van der Waals surface area contributed by atoms with Gasteiger partial charge in [-0.25, -0.2) is 9.97 Å². The molecule has 4 aromatic rings. The molecule has 0 saturated heterocycles. The van der Waals surface area contributed by atoms with Crippen LogP contribution < -0.4 is 19.5 Å². The van der Waals surface area contributed by atoms with Crippen LogP contribution in [0.5, 0.6) is 17.2 Å². The molecular weight excluding hydrogens is 554 g/mol. The van der Waals surface area contributed by atoms with E-state index in [1.54, 1.807) is 25.3 Å². The molecule has 0 amide bonds. The Morgan fingerprint density at radius 1 is 0.868 bits per heavy atom. The number of ketones is 2. The highest BCUT2D eigenvalue weighted by molar-refractivity contribution is 9.10. The topological polar surface area (TPSA) is 109 Å². The van der Waals surface area contributed by atoms with Gasteiger partial charge in [-0.15, -0.1) is 0 Å². The minimum absolute atomic E-state index is 0.0603. The fourth-order valence-corrected chi connectivity index (χ4v) is 4.28. The SMILES string of the molecule is COCCOc1cc2ncnc(NC3=CC(=O)C(Oc4ccc5cc(Br)ccc5c4)=CC3=O)c2cc1OC. The van der Waals surface area contributed by atoms with Gasteiger partial charge in [0.05, 0.1) is 24.9 Å². The number of allylic oxidation sites excluding steroid dienone is 2. The van der Waals surface area contributed by atoms with E-state index >= 15 is 0 Å². The van der Waals surface area contributed by atoms with E-state index in [-0.39, 0.29) is 11.5 Å². The molecule has 10 heteroatoms. The number of fused-ring (bicyclic) bond motifs is 2. The normalized spacial score (nSPS) is 13.3. The zero-order chi connectivity index (χ0) is 26.6. The van der Waals surface area contributed by atoms with E-state index in [4.69, 9.17) is 18.9 Å². The Morgan fingerprint density at radius 2 is 1.68 bits per heavy atom. The van der Waals surface area contributed by atoms with Gasteiger partial charge in [-0.3, -0.25) is 9.59 Å². The number of carbonyl (C=O) groups is 2. The van der Waals surface area contributed by atoms with Gasteiger partial charge < -0.3 is 24.3 Å². The van der Waals surface area contributed by atoms with Crippen LogP contribution in [0.1, 0.15) is 0 Å². The van der Waals surface area contributed by atoms with Gasteiger partial charge in [-0.05, 0) is 41.1 Å². The van der Waals surface area contributed by atoms with Crippen molar-refractivity contribution in [3.05, 3.63) is 82.9 Å². The van der Waals surface area contributed by atoms with Gasteiger partial charge in [0.1, 0.15) is 24.5 Å². The fourth-order valence-electron chi connectivity index (χ4n) is 3.90. The van der Waals surface area contributed by atoms with E-state index in [1.807, 2.05) is 30.3 Å². The third-order valence-corrected chi connectivity index (χ3v) is 6.26. The predicted octanol–water partition coefficient (Wildman–Crippen LogP) is 4.99. The zero-order valence-corrected chi connectivity index (χ0v) is 22.1. The average molecular weight is 576 g/mol. The lowest BCUT2D eigenvalue weighted by Crippen LogP contribution is -2.21. The number of rotatable bonds is 9. The largest absolute Gasteiger partial charge is 0.493 e. The Bertz CT molecular complexity index is 1630. The van der Waals surface area contributed by atoms with E-state index in [1.165, 1.54) is 25.6 Å². The first kappa shape index (κ1) is 25.4. The van der Waals surface area contributed by atoms with Crippen molar-refractivity contribution in [2.45, 2.75) is 0 Å². The first-order valence-electron chi connectivity index (χ1n) is 11.6. The molecule has 1 aliphatic rings. The van der Waals surface area contributed by atoms with E-state index in [2.05, 4.69) is 31.2 Å². The molecule has 1 aliphatic carbocycles. The van der Waals surface area contributed by atoms with Crippen LogP contribution in [0.4, 0.5) is 5.82 Å². The van der Waals surface area contributed by atoms with E-state index in [0.717, 1.165) is 15.2 Å². The van der Waals surface area contributed by atoms with Gasteiger partial charge in [-0.2, -0.15) is 0 Å². The smallest absolute Gasteiger partial charge is 0.223 e. The number of aromatic nitrogens is 2. The summed E-state index contributed by atoms with van der Waals surface area (Å²) in [6.07, 6.45) is 3.72. The summed E-state index contributed by atoms with van der Waals surface area (Å²) in [5.41, 5.74) is 0.624. The van der Waals surface area contributed by atoms with E-state index < -0.39 is 11.6 Å². The molecule has 1 aromatic heterocycles. The van der Waals surface area contributed by atoms with Crippen LogP contribution >= 0.6 is 15.9 Å². The van der Waals surface area contributed by atoms with Gasteiger partial charge in [0.15, 0.2) is 17.3 Å². The standard InChI is InChI=1S/C28H22BrN3O6/c1-35-7-8-37-27-13-21-20(11-26(27)36-2)28(31-15-30-21)32-22-12-24(34)25(14-23(22)33)38-19-6-4-16-9-18(29)5-3-17(16)10-19/h3-6,9-15H,7-8H2,1-2H3,(H,30,31,32). The molecule has 3 aromatic carbocycles. The average Bonchev–Trinajstić information content (AvgIpc) is 2.91. The number of methoxy groups -OCH3 is 2. The lowest BCUT2D eigenvalue weighted by Gasteiger charge is -2.16. The van der Waals surface area contributed by atoms with Crippen molar-refractivity contribution in [2.75, 3.05) is 32.8 Å². The summed E-state index contributed by atoms with van der Waals surface area (Å²) in [4.78, 5) is 34.3.